The summed E-state index contributed by atoms with van der Waals surface area (Å²) in [5.41, 5.74) is 10.5. The summed E-state index contributed by atoms with van der Waals surface area (Å²) in [5, 5.41) is 13.3. The van der Waals surface area contributed by atoms with Gasteiger partial charge in [-0.3, -0.25) is 19.2 Å². The molecule has 120 valence electrons. The van der Waals surface area contributed by atoms with Gasteiger partial charge in [0.05, 0.1) is 6.04 Å². The van der Waals surface area contributed by atoms with Gasteiger partial charge in [-0.2, -0.15) is 12.6 Å². The van der Waals surface area contributed by atoms with Crippen molar-refractivity contribution in [3.63, 3.8) is 0 Å². The first kappa shape index (κ1) is 19.2. The second kappa shape index (κ2) is 9.19. The average molecular weight is 320 g/mol. The van der Waals surface area contributed by atoms with E-state index in [0.717, 1.165) is 0 Å². The van der Waals surface area contributed by atoms with Gasteiger partial charge in [0.15, 0.2) is 0 Å². The van der Waals surface area contributed by atoms with Crippen molar-refractivity contribution in [2.45, 2.75) is 37.9 Å². The van der Waals surface area contributed by atoms with E-state index in [1.165, 1.54) is 6.92 Å². The molecule has 0 rings (SSSR count). The van der Waals surface area contributed by atoms with Crippen LogP contribution in [0.3, 0.4) is 0 Å². The van der Waals surface area contributed by atoms with Crippen LogP contribution < -0.4 is 22.1 Å². The number of hydrogen-bond acceptors (Lipinski definition) is 6. The van der Waals surface area contributed by atoms with Crippen LogP contribution in [0.5, 0.6) is 0 Å². The van der Waals surface area contributed by atoms with Crippen molar-refractivity contribution in [3.8, 4) is 0 Å². The summed E-state index contributed by atoms with van der Waals surface area (Å²) < 4.78 is 0. The van der Waals surface area contributed by atoms with Crippen LogP contribution in [-0.2, 0) is 19.2 Å². The zero-order chi connectivity index (χ0) is 16.6. The van der Waals surface area contributed by atoms with Crippen molar-refractivity contribution in [2.24, 2.45) is 11.5 Å². The van der Waals surface area contributed by atoms with E-state index in [0.29, 0.717) is 0 Å². The van der Waals surface area contributed by atoms with Crippen LogP contribution in [0.25, 0.3) is 0 Å². The summed E-state index contributed by atoms with van der Waals surface area (Å²) in [7, 11) is 0. The lowest BCUT2D eigenvalue weighted by atomic mass is 10.1. The fraction of sp³-hybridized carbons (Fsp3) is 0.636. The number of rotatable bonds is 9. The number of carboxylic acid groups (broad SMARTS) is 1. The standard InChI is InChI=1S/C11H20N4O5S/c1-5(11(19)20)14-10(18)7(2-3-8(13)16)15-9(17)6(12)4-21/h5-7,21H,2-4,12H2,1H3,(H2,13,16)(H,14,18)(H,15,17)(H,19,20). The number of hydrogen-bond donors (Lipinski definition) is 6. The highest BCUT2D eigenvalue weighted by Gasteiger charge is 2.26. The lowest BCUT2D eigenvalue weighted by Crippen LogP contribution is -2.54. The van der Waals surface area contributed by atoms with Crippen LogP contribution in [0.2, 0.25) is 0 Å². The monoisotopic (exact) mass is 320 g/mol. The number of nitrogens with one attached hydrogen (secondary N) is 2. The van der Waals surface area contributed by atoms with Crippen LogP contribution in [0.4, 0.5) is 0 Å². The summed E-state index contributed by atoms with van der Waals surface area (Å²) in [6, 6.07) is -3.16. The fourth-order valence-corrected chi connectivity index (χ4v) is 1.46. The van der Waals surface area contributed by atoms with Crippen LogP contribution in [-0.4, -0.2) is 52.7 Å². The Balaban J connectivity index is 4.79. The van der Waals surface area contributed by atoms with Crippen LogP contribution in [0, 0.1) is 0 Å². The van der Waals surface area contributed by atoms with Crippen molar-refractivity contribution in [1.82, 2.24) is 10.6 Å². The van der Waals surface area contributed by atoms with Crippen molar-refractivity contribution >= 4 is 36.3 Å². The molecule has 0 aliphatic heterocycles. The van der Waals surface area contributed by atoms with E-state index in [9.17, 15) is 19.2 Å². The normalized spacial score (nSPS) is 14.6. The molecule has 0 fully saturated rings. The molecule has 3 amide bonds. The second-order valence-corrected chi connectivity index (χ2v) is 4.79. The Kier molecular flexibility index (Phi) is 8.39. The van der Waals surface area contributed by atoms with E-state index in [1.54, 1.807) is 0 Å². The van der Waals surface area contributed by atoms with Crippen molar-refractivity contribution < 1.29 is 24.3 Å². The Morgan fingerprint density at radius 3 is 2.19 bits per heavy atom. The maximum absolute atomic E-state index is 11.9. The molecule has 0 saturated carbocycles. The largest absolute Gasteiger partial charge is 0.480 e. The Bertz CT molecular complexity index is 417. The molecular formula is C11H20N4O5S. The molecule has 21 heavy (non-hydrogen) atoms. The molecule has 7 N–H and O–H groups in total. The molecule has 0 aromatic rings. The van der Waals surface area contributed by atoms with E-state index >= 15 is 0 Å². The third kappa shape index (κ3) is 7.51. The maximum atomic E-state index is 11.9. The number of carbonyl (C=O) groups excluding carboxylic acids is 3. The predicted molar refractivity (Wildman–Crippen MR) is 77.4 cm³/mol. The third-order valence-electron chi connectivity index (χ3n) is 2.58. The van der Waals surface area contributed by atoms with Crippen LogP contribution in [0.15, 0.2) is 0 Å². The van der Waals surface area contributed by atoms with Crippen molar-refractivity contribution in [3.05, 3.63) is 0 Å². The van der Waals surface area contributed by atoms with Gasteiger partial charge in [-0.25, -0.2) is 0 Å². The zero-order valence-corrected chi connectivity index (χ0v) is 12.4. The molecule has 0 bridgehead atoms. The molecule has 0 heterocycles. The first-order valence-electron chi connectivity index (χ1n) is 6.17. The molecule has 3 unspecified atom stereocenters. The molecule has 0 aromatic carbocycles. The van der Waals surface area contributed by atoms with Crippen LogP contribution >= 0.6 is 12.6 Å². The summed E-state index contributed by atoms with van der Waals surface area (Å²) in [5.74, 6) is -3.16. The molecule has 9 nitrogen and oxygen atoms in total. The summed E-state index contributed by atoms with van der Waals surface area (Å²) in [6.07, 6.45) is -0.200. The van der Waals surface area contributed by atoms with Crippen molar-refractivity contribution in [2.75, 3.05) is 5.75 Å². The summed E-state index contributed by atoms with van der Waals surface area (Å²) in [4.78, 5) is 45.0. The maximum Gasteiger partial charge on any atom is 0.325 e. The molecule has 0 aliphatic carbocycles. The number of carboxylic acids is 1. The van der Waals surface area contributed by atoms with Crippen LogP contribution in [0.1, 0.15) is 19.8 Å². The average Bonchev–Trinajstić information content (AvgIpc) is 2.41. The van der Waals surface area contributed by atoms with Gasteiger partial charge in [-0.1, -0.05) is 0 Å². The lowest BCUT2D eigenvalue weighted by molar-refractivity contribution is -0.141. The predicted octanol–water partition coefficient (Wildman–Crippen LogP) is -2.42. The topological polar surface area (TPSA) is 165 Å². The van der Waals surface area contributed by atoms with Gasteiger partial charge in [0.2, 0.25) is 17.7 Å². The molecule has 0 saturated heterocycles. The lowest BCUT2D eigenvalue weighted by Gasteiger charge is -2.21. The van der Waals surface area contributed by atoms with E-state index in [1.807, 2.05) is 0 Å². The van der Waals surface area contributed by atoms with Gasteiger partial charge < -0.3 is 27.2 Å². The Labute approximate surface area is 127 Å². The summed E-state index contributed by atoms with van der Waals surface area (Å²) >= 11 is 3.86. The number of carbonyl (C=O) groups is 4. The SMILES string of the molecule is CC(NC(=O)C(CCC(N)=O)NC(=O)C(N)CS)C(=O)O. The highest BCUT2D eigenvalue weighted by atomic mass is 32.1. The van der Waals surface area contributed by atoms with E-state index in [2.05, 4.69) is 23.3 Å². The van der Waals surface area contributed by atoms with E-state index < -0.39 is 41.8 Å². The molecule has 10 heteroatoms. The minimum atomic E-state index is -1.23. The molecule has 0 aliphatic rings. The second-order valence-electron chi connectivity index (χ2n) is 4.42. The molecule has 0 aromatic heterocycles. The first-order valence-corrected chi connectivity index (χ1v) is 6.80. The van der Waals surface area contributed by atoms with Gasteiger partial charge in [0, 0.05) is 12.2 Å². The molecule has 0 spiro atoms. The number of aliphatic carboxylic acids is 1. The van der Waals surface area contributed by atoms with Gasteiger partial charge in [-0.15, -0.1) is 0 Å². The third-order valence-corrected chi connectivity index (χ3v) is 2.97. The Morgan fingerprint density at radius 2 is 1.76 bits per heavy atom. The highest BCUT2D eigenvalue weighted by Crippen LogP contribution is 2.00. The van der Waals surface area contributed by atoms with E-state index in [-0.39, 0.29) is 18.6 Å². The minimum Gasteiger partial charge on any atom is -0.480 e. The Morgan fingerprint density at radius 1 is 1.19 bits per heavy atom. The number of amides is 3. The van der Waals surface area contributed by atoms with Gasteiger partial charge >= 0.3 is 5.97 Å². The van der Waals surface area contributed by atoms with E-state index in [4.69, 9.17) is 16.6 Å². The van der Waals surface area contributed by atoms with Gasteiger partial charge in [0.25, 0.3) is 0 Å². The smallest absolute Gasteiger partial charge is 0.325 e. The number of thiol groups is 1. The fourth-order valence-electron chi connectivity index (χ4n) is 1.29. The van der Waals surface area contributed by atoms with Gasteiger partial charge in [-0.05, 0) is 13.3 Å². The summed E-state index contributed by atoms with van der Waals surface area (Å²) in [6.45, 7) is 1.27. The molecule has 3 atom stereocenters. The molecule has 0 radical (unpaired) electrons. The van der Waals surface area contributed by atoms with Crippen molar-refractivity contribution in [1.29, 1.82) is 0 Å². The number of nitrogens with two attached hydrogens (primary N) is 2. The zero-order valence-electron chi connectivity index (χ0n) is 11.5. The minimum absolute atomic E-state index is 0.0570. The Hall–Kier alpha value is -1.81. The first-order chi connectivity index (χ1) is 9.68. The number of primary amides is 1. The highest BCUT2D eigenvalue weighted by molar-refractivity contribution is 7.80. The quantitative estimate of drug-likeness (QED) is 0.259. The van der Waals surface area contributed by atoms with Gasteiger partial charge in [0.1, 0.15) is 12.1 Å². The molecular weight excluding hydrogens is 300 g/mol.